The molecule has 0 unspecified atom stereocenters. The Morgan fingerprint density at radius 3 is 2.89 bits per heavy atom. The third-order valence-electron chi connectivity index (χ3n) is 2.33. The Balaban J connectivity index is 2.57. The Morgan fingerprint density at radius 1 is 1.53 bits per heavy atom. The Kier molecular flexibility index (Phi) is 5.84. The predicted octanol–water partition coefficient (Wildman–Crippen LogP) is 3.48. The lowest BCUT2D eigenvalue weighted by molar-refractivity contribution is -0.117. The molecule has 0 fully saturated rings. The van der Waals surface area contributed by atoms with E-state index < -0.39 is 4.32 Å². The van der Waals surface area contributed by atoms with Crippen LogP contribution in [-0.2, 0) is 4.79 Å². The van der Waals surface area contributed by atoms with E-state index in [-0.39, 0.29) is 5.91 Å². The fraction of sp³-hybridized carbons (Fsp3) is 0.429. The van der Waals surface area contributed by atoms with Crippen molar-refractivity contribution in [3.05, 3.63) is 24.3 Å². The first-order chi connectivity index (χ1) is 8.93. The highest BCUT2D eigenvalue weighted by molar-refractivity contribution is 9.10. The minimum Gasteiger partial charge on any atom is -0.493 e. The van der Waals surface area contributed by atoms with Crippen molar-refractivity contribution in [2.75, 3.05) is 11.9 Å². The summed E-state index contributed by atoms with van der Waals surface area (Å²) < 4.78 is 4.89. The number of ether oxygens (including phenoxy) is 1. The number of nitrogens with zero attached hydrogens (tertiary/aromatic N) is 1. The number of unbranched alkanes of at least 4 members (excludes halogenated alkanes) is 1. The molecule has 0 saturated carbocycles. The summed E-state index contributed by atoms with van der Waals surface area (Å²) in [5.41, 5.74) is 0.690. The number of nitrogens with one attached hydrogen (secondary N) is 1. The molecular weight excluding hydrogens is 308 g/mol. The van der Waals surface area contributed by atoms with Gasteiger partial charge in [0.15, 0.2) is 0 Å². The quantitative estimate of drug-likeness (QED) is 0.643. The molecule has 0 heterocycles. The Labute approximate surface area is 121 Å². The first-order valence-corrected chi connectivity index (χ1v) is 6.83. The Hall–Kier alpha value is -1.54. The van der Waals surface area contributed by atoms with E-state index in [2.05, 4.69) is 27.3 Å². The van der Waals surface area contributed by atoms with E-state index in [1.54, 1.807) is 26.0 Å². The number of hydrogen-bond acceptors (Lipinski definition) is 3. The molecule has 0 aliphatic carbocycles. The van der Waals surface area contributed by atoms with Gasteiger partial charge in [0.25, 0.3) is 0 Å². The molecular formula is C14H17BrN2O2. The van der Waals surface area contributed by atoms with Crippen LogP contribution in [0.5, 0.6) is 5.75 Å². The van der Waals surface area contributed by atoms with Gasteiger partial charge in [-0.3, -0.25) is 4.79 Å². The number of amides is 1. The molecule has 1 aromatic carbocycles. The maximum Gasteiger partial charge on any atom is 0.240 e. The van der Waals surface area contributed by atoms with E-state index in [0.717, 1.165) is 0 Å². The number of nitriles is 1. The van der Waals surface area contributed by atoms with E-state index >= 15 is 0 Å². The first kappa shape index (κ1) is 15.5. The molecule has 1 amide bonds. The molecule has 4 nitrogen and oxygen atoms in total. The Bertz CT molecular complexity index is 475. The summed E-state index contributed by atoms with van der Waals surface area (Å²) in [6.07, 6.45) is 1.18. The predicted molar refractivity (Wildman–Crippen MR) is 78.4 cm³/mol. The number of rotatable bonds is 6. The van der Waals surface area contributed by atoms with Crippen LogP contribution in [0, 0.1) is 11.3 Å². The van der Waals surface area contributed by atoms with Crippen LogP contribution in [0.2, 0.25) is 0 Å². The number of anilines is 1. The molecule has 0 radical (unpaired) electrons. The molecule has 1 N–H and O–H groups in total. The minimum absolute atomic E-state index is 0.117. The van der Waals surface area contributed by atoms with E-state index in [1.165, 1.54) is 0 Å². The maximum absolute atomic E-state index is 11.8. The zero-order valence-electron chi connectivity index (χ0n) is 11.1. The number of benzene rings is 1. The first-order valence-electron chi connectivity index (χ1n) is 6.03. The summed E-state index contributed by atoms with van der Waals surface area (Å²) in [6, 6.07) is 9.27. The number of halogens is 1. The van der Waals surface area contributed by atoms with Crippen molar-refractivity contribution in [3.8, 4) is 11.8 Å². The topological polar surface area (TPSA) is 62.1 Å². The lowest BCUT2D eigenvalue weighted by atomic mass is 10.2. The number of alkyl halides is 1. The van der Waals surface area contributed by atoms with Gasteiger partial charge < -0.3 is 10.1 Å². The van der Waals surface area contributed by atoms with E-state index in [4.69, 9.17) is 10.00 Å². The van der Waals surface area contributed by atoms with Gasteiger partial charge in [-0.2, -0.15) is 5.26 Å². The molecule has 102 valence electrons. The molecule has 0 spiro atoms. The number of carbonyl (C=O) groups excluding carboxylic acids is 1. The van der Waals surface area contributed by atoms with Crippen LogP contribution in [-0.4, -0.2) is 16.8 Å². The molecule has 1 rings (SSSR count). The van der Waals surface area contributed by atoms with Crippen LogP contribution in [0.15, 0.2) is 24.3 Å². The molecule has 19 heavy (non-hydrogen) atoms. The highest BCUT2D eigenvalue weighted by atomic mass is 79.9. The van der Waals surface area contributed by atoms with Crippen molar-refractivity contribution >= 4 is 27.5 Å². The van der Waals surface area contributed by atoms with Gasteiger partial charge in [-0.25, -0.2) is 0 Å². The van der Waals surface area contributed by atoms with Gasteiger partial charge in [0.05, 0.1) is 17.0 Å². The number of carbonyl (C=O) groups is 1. The molecule has 0 aliphatic rings. The maximum atomic E-state index is 11.8. The molecule has 0 atom stereocenters. The molecule has 1 aromatic rings. The molecule has 0 saturated heterocycles. The zero-order valence-corrected chi connectivity index (χ0v) is 12.7. The van der Waals surface area contributed by atoms with Crippen LogP contribution in [0.1, 0.15) is 26.7 Å². The van der Waals surface area contributed by atoms with Gasteiger partial charge in [0.2, 0.25) is 5.91 Å². The van der Waals surface area contributed by atoms with Gasteiger partial charge in [0, 0.05) is 18.2 Å². The second-order valence-electron chi connectivity index (χ2n) is 4.56. The van der Waals surface area contributed by atoms with Crippen LogP contribution < -0.4 is 10.1 Å². The fourth-order valence-corrected chi connectivity index (χ4v) is 1.38. The molecule has 0 bridgehead atoms. The third-order valence-corrected chi connectivity index (χ3v) is 2.69. The SMILES string of the molecule is CC(C)(Br)C(=O)Nc1cccc(OCCCC#N)c1. The average Bonchev–Trinajstić information content (AvgIpc) is 2.34. The van der Waals surface area contributed by atoms with Crippen LogP contribution in [0.3, 0.4) is 0 Å². The second-order valence-corrected chi connectivity index (χ2v) is 6.55. The molecule has 0 aliphatic heterocycles. The largest absolute Gasteiger partial charge is 0.493 e. The highest BCUT2D eigenvalue weighted by Crippen LogP contribution is 2.22. The van der Waals surface area contributed by atoms with E-state index in [1.807, 2.05) is 12.1 Å². The van der Waals surface area contributed by atoms with Gasteiger partial charge >= 0.3 is 0 Å². The average molecular weight is 325 g/mol. The van der Waals surface area contributed by atoms with E-state index in [9.17, 15) is 4.79 Å². The highest BCUT2D eigenvalue weighted by Gasteiger charge is 2.23. The summed E-state index contributed by atoms with van der Waals surface area (Å²) >= 11 is 3.31. The Morgan fingerprint density at radius 2 is 2.26 bits per heavy atom. The minimum atomic E-state index is -0.614. The molecule has 0 aromatic heterocycles. The summed E-state index contributed by atoms with van der Waals surface area (Å²) in [5, 5.41) is 11.2. The normalized spacial score (nSPS) is 10.6. The van der Waals surface area contributed by atoms with Gasteiger partial charge in [-0.05, 0) is 32.4 Å². The second kappa shape index (κ2) is 7.15. The molecule has 5 heteroatoms. The van der Waals surface area contributed by atoms with Crippen molar-refractivity contribution in [2.24, 2.45) is 0 Å². The summed E-state index contributed by atoms with van der Waals surface area (Å²) in [6.45, 7) is 4.06. The van der Waals surface area contributed by atoms with Crippen molar-refractivity contribution in [3.63, 3.8) is 0 Å². The number of hydrogen-bond donors (Lipinski definition) is 1. The smallest absolute Gasteiger partial charge is 0.240 e. The van der Waals surface area contributed by atoms with Crippen LogP contribution in [0.25, 0.3) is 0 Å². The van der Waals surface area contributed by atoms with Crippen molar-refractivity contribution in [1.29, 1.82) is 5.26 Å². The fourth-order valence-electron chi connectivity index (χ4n) is 1.28. The zero-order chi connectivity index (χ0) is 14.3. The summed E-state index contributed by atoms with van der Waals surface area (Å²) in [5.74, 6) is 0.567. The third kappa shape index (κ3) is 5.75. The lowest BCUT2D eigenvalue weighted by Gasteiger charge is -2.16. The van der Waals surface area contributed by atoms with Crippen molar-refractivity contribution < 1.29 is 9.53 Å². The van der Waals surface area contributed by atoms with Gasteiger partial charge in [0.1, 0.15) is 5.75 Å². The standard InChI is InChI=1S/C14H17BrN2O2/c1-14(2,15)13(18)17-11-6-5-7-12(10-11)19-9-4-3-8-16/h5-7,10H,3-4,9H2,1-2H3,(H,17,18). The van der Waals surface area contributed by atoms with Crippen molar-refractivity contribution in [2.45, 2.75) is 31.0 Å². The summed E-state index contributed by atoms with van der Waals surface area (Å²) in [7, 11) is 0. The van der Waals surface area contributed by atoms with Crippen molar-refractivity contribution in [1.82, 2.24) is 0 Å². The van der Waals surface area contributed by atoms with E-state index in [0.29, 0.717) is 30.9 Å². The van der Waals surface area contributed by atoms with Gasteiger partial charge in [-0.15, -0.1) is 0 Å². The lowest BCUT2D eigenvalue weighted by Crippen LogP contribution is -2.30. The van der Waals surface area contributed by atoms with Gasteiger partial charge in [-0.1, -0.05) is 22.0 Å². The van der Waals surface area contributed by atoms with Crippen LogP contribution >= 0.6 is 15.9 Å². The van der Waals surface area contributed by atoms with Crippen LogP contribution in [0.4, 0.5) is 5.69 Å². The summed E-state index contributed by atoms with van der Waals surface area (Å²) in [4.78, 5) is 11.8. The monoisotopic (exact) mass is 324 g/mol.